The average Bonchev–Trinajstić information content (AvgIpc) is 3.11. The Morgan fingerprint density at radius 3 is 2.19 bits per heavy atom. The number of nitrogens with two attached hydrogens (primary N) is 1. The molecule has 0 radical (unpaired) electrons. The summed E-state index contributed by atoms with van der Waals surface area (Å²) in [5.41, 5.74) is 7.21. The van der Waals surface area contributed by atoms with E-state index in [-0.39, 0.29) is 12.0 Å². The summed E-state index contributed by atoms with van der Waals surface area (Å²) in [6, 6.07) is 19.3. The number of hydrogen-bond donors (Lipinski definition) is 4. The highest BCUT2D eigenvalue weighted by Gasteiger charge is 2.48. The molecule has 1 aliphatic rings. The molecule has 4 rings (SSSR count). The second kappa shape index (κ2) is 8.13. The first-order chi connectivity index (χ1) is 14.8. The number of nitrogens with one attached hydrogen (secondary N) is 2. The molecule has 2 unspecified atom stereocenters. The van der Waals surface area contributed by atoms with Crippen molar-refractivity contribution in [3.63, 3.8) is 0 Å². The molecule has 0 aromatic heterocycles. The Kier molecular flexibility index (Phi) is 5.52. The lowest BCUT2D eigenvalue weighted by Crippen LogP contribution is -2.46. The van der Waals surface area contributed by atoms with E-state index in [0.29, 0.717) is 27.0 Å². The van der Waals surface area contributed by atoms with Gasteiger partial charge in [0.25, 0.3) is 0 Å². The van der Waals surface area contributed by atoms with Crippen LogP contribution in [0.1, 0.15) is 33.8 Å². The van der Waals surface area contributed by atoms with E-state index in [2.05, 4.69) is 10.6 Å². The van der Waals surface area contributed by atoms with Gasteiger partial charge >= 0.3 is 5.97 Å². The highest BCUT2D eigenvalue weighted by atomic mass is 35.5. The molecule has 0 aliphatic carbocycles. The summed E-state index contributed by atoms with van der Waals surface area (Å²) in [5.74, 6) is -2.05. The minimum Gasteiger partial charge on any atom is -0.478 e. The van der Waals surface area contributed by atoms with Crippen molar-refractivity contribution in [3.8, 4) is 0 Å². The van der Waals surface area contributed by atoms with Crippen molar-refractivity contribution in [2.75, 3.05) is 10.6 Å². The summed E-state index contributed by atoms with van der Waals surface area (Å²) in [4.78, 5) is 23.6. The highest BCUT2D eigenvalue weighted by molar-refractivity contribution is 6.36. The zero-order chi connectivity index (χ0) is 22.2. The van der Waals surface area contributed by atoms with E-state index < -0.39 is 23.5 Å². The van der Waals surface area contributed by atoms with Gasteiger partial charge in [-0.2, -0.15) is 0 Å². The van der Waals surface area contributed by atoms with E-state index in [0.717, 1.165) is 5.56 Å². The molecule has 3 aromatic rings. The molecule has 1 aliphatic heterocycles. The number of benzene rings is 3. The number of carboxylic acids is 1. The van der Waals surface area contributed by atoms with E-state index in [1.54, 1.807) is 24.3 Å². The lowest BCUT2D eigenvalue weighted by Gasteiger charge is -2.40. The van der Waals surface area contributed by atoms with Crippen LogP contribution in [-0.2, 0) is 10.5 Å². The third-order valence-electron chi connectivity index (χ3n) is 5.42. The maximum atomic E-state index is 12.1. The Labute approximate surface area is 189 Å². The first-order valence-electron chi connectivity index (χ1n) is 9.53. The molecule has 6 nitrogen and oxygen atoms in total. The number of hydrogen-bond acceptors (Lipinski definition) is 4. The van der Waals surface area contributed by atoms with Gasteiger partial charge < -0.3 is 21.5 Å². The number of carboxylic acid groups (broad SMARTS) is 1. The van der Waals surface area contributed by atoms with Crippen LogP contribution in [0.5, 0.6) is 0 Å². The number of amides is 1. The van der Waals surface area contributed by atoms with Crippen molar-refractivity contribution in [2.45, 2.75) is 18.0 Å². The van der Waals surface area contributed by atoms with Crippen LogP contribution in [-0.4, -0.2) is 17.0 Å². The predicted molar refractivity (Wildman–Crippen MR) is 122 cm³/mol. The molecule has 1 amide bonds. The fourth-order valence-corrected chi connectivity index (χ4v) is 4.80. The molecule has 8 heteroatoms. The number of halogens is 2. The number of carbonyl (C=O) groups is 2. The average molecular weight is 456 g/mol. The second-order valence-electron chi connectivity index (χ2n) is 7.35. The molecule has 5 N–H and O–H groups in total. The van der Waals surface area contributed by atoms with Gasteiger partial charge in [0, 0.05) is 27.9 Å². The molecule has 1 heterocycles. The largest absolute Gasteiger partial charge is 0.478 e. The van der Waals surface area contributed by atoms with Crippen molar-refractivity contribution in [2.24, 2.45) is 5.73 Å². The molecular formula is C23H19Cl2N3O3. The quantitative estimate of drug-likeness (QED) is 0.416. The molecule has 0 fully saturated rings. The monoisotopic (exact) mass is 455 g/mol. The van der Waals surface area contributed by atoms with Crippen LogP contribution in [0, 0.1) is 0 Å². The van der Waals surface area contributed by atoms with Crippen molar-refractivity contribution >= 4 is 46.5 Å². The summed E-state index contributed by atoms with van der Waals surface area (Å²) >= 11 is 13.2. The van der Waals surface area contributed by atoms with Gasteiger partial charge in [-0.05, 0) is 35.9 Å². The van der Waals surface area contributed by atoms with Gasteiger partial charge in [-0.1, -0.05) is 59.6 Å². The molecule has 3 aromatic carbocycles. The summed E-state index contributed by atoms with van der Waals surface area (Å²) in [5, 5.41) is 17.0. The van der Waals surface area contributed by atoms with Crippen molar-refractivity contribution in [3.05, 3.63) is 93.5 Å². The summed E-state index contributed by atoms with van der Waals surface area (Å²) in [7, 11) is 0. The zero-order valence-corrected chi connectivity index (χ0v) is 17.7. The van der Waals surface area contributed by atoms with Gasteiger partial charge in [-0.15, -0.1) is 0 Å². The molecule has 0 bridgehead atoms. The summed E-state index contributed by atoms with van der Waals surface area (Å²) in [6.45, 7) is 0. The Hall–Kier alpha value is -3.22. The van der Waals surface area contributed by atoms with E-state index in [1.165, 1.54) is 12.1 Å². The number of aromatic carboxylic acids is 1. The normalized spacial score (nSPS) is 17.9. The molecular weight excluding hydrogens is 437 g/mol. The number of anilines is 2. The van der Waals surface area contributed by atoms with Crippen LogP contribution < -0.4 is 16.4 Å². The minimum atomic E-state index is -1.15. The Morgan fingerprint density at radius 1 is 0.935 bits per heavy atom. The number of rotatable bonds is 6. The van der Waals surface area contributed by atoms with Crippen LogP contribution in [0.2, 0.25) is 10.0 Å². The zero-order valence-electron chi connectivity index (χ0n) is 16.2. The molecule has 0 saturated heterocycles. The molecule has 2 atom stereocenters. The predicted octanol–water partition coefficient (Wildman–Crippen LogP) is 5.04. The summed E-state index contributed by atoms with van der Waals surface area (Å²) < 4.78 is 0. The van der Waals surface area contributed by atoms with Gasteiger partial charge in [0.2, 0.25) is 5.91 Å². The second-order valence-corrected chi connectivity index (χ2v) is 8.17. The van der Waals surface area contributed by atoms with E-state index >= 15 is 0 Å². The first kappa shape index (κ1) is 21.0. The van der Waals surface area contributed by atoms with Gasteiger partial charge in [0.05, 0.1) is 16.9 Å². The van der Waals surface area contributed by atoms with Crippen molar-refractivity contribution in [1.29, 1.82) is 0 Å². The fraction of sp³-hybridized carbons (Fsp3) is 0.130. The third-order valence-corrected chi connectivity index (χ3v) is 6.05. The van der Waals surface area contributed by atoms with Crippen molar-refractivity contribution < 1.29 is 14.7 Å². The van der Waals surface area contributed by atoms with Crippen LogP contribution in [0.15, 0.2) is 66.7 Å². The Morgan fingerprint density at radius 2 is 1.58 bits per heavy atom. The van der Waals surface area contributed by atoms with Gasteiger partial charge in [0.15, 0.2) is 0 Å². The number of primary amides is 1. The van der Waals surface area contributed by atoms with Gasteiger partial charge in [0.1, 0.15) is 5.66 Å². The summed E-state index contributed by atoms with van der Waals surface area (Å²) in [6.07, 6.45) is -0.00859. The van der Waals surface area contributed by atoms with Gasteiger partial charge in [-0.3, -0.25) is 4.79 Å². The molecule has 0 spiro atoms. The van der Waals surface area contributed by atoms with E-state index in [9.17, 15) is 14.7 Å². The maximum Gasteiger partial charge on any atom is 0.335 e. The standard InChI is InChI=1S/C23H19Cl2N3O3/c24-16-7-4-8-17(25)21(16)23(15(12-20(26)29)13-5-2-1-3-6-13)27-18-10-9-14(22(30)31)11-19(18)28-23/h1-11,15,27-28H,12H2,(H2,26,29)(H,30,31). The lowest BCUT2D eigenvalue weighted by molar-refractivity contribution is -0.118. The SMILES string of the molecule is NC(=O)CC(c1ccccc1)C1(c2c(Cl)cccc2Cl)Nc2ccc(C(=O)O)cc2N1. The number of fused-ring (bicyclic) bond motifs is 1. The number of carbonyl (C=O) groups excluding carboxylic acids is 1. The first-order valence-corrected chi connectivity index (χ1v) is 10.3. The van der Waals surface area contributed by atoms with Crippen LogP contribution >= 0.6 is 23.2 Å². The smallest absolute Gasteiger partial charge is 0.335 e. The highest BCUT2D eigenvalue weighted by Crippen LogP contribution is 2.52. The topological polar surface area (TPSA) is 104 Å². The third kappa shape index (κ3) is 3.80. The van der Waals surface area contributed by atoms with Crippen LogP contribution in [0.3, 0.4) is 0 Å². The van der Waals surface area contributed by atoms with Crippen molar-refractivity contribution in [1.82, 2.24) is 0 Å². The Bertz CT molecular complexity index is 1150. The van der Waals surface area contributed by atoms with E-state index in [1.807, 2.05) is 30.3 Å². The fourth-order valence-electron chi connectivity index (χ4n) is 4.10. The van der Waals surface area contributed by atoms with Gasteiger partial charge in [-0.25, -0.2) is 4.79 Å². The maximum absolute atomic E-state index is 12.1. The Balaban J connectivity index is 1.96. The minimum absolute atomic E-state index is 0.00859. The van der Waals surface area contributed by atoms with Crippen LogP contribution in [0.4, 0.5) is 11.4 Å². The molecule has 31 heavy (non-hydrogen) atoms. The van der Waals surface area contributed by atoms with E-state index in [4.69, 9.17) is 28.9 Å². The lowest BCUT2D eigenvalue weighted by atomic mass is 9.79. The van der Waals surface area contributed by atoms with Crippen LogP contribution in [0.25, 0.3) is 0 Å². The molecule has 0 saturated carbocycles. The molecule has 158 valence electrons.